The third-order valence-corrected chi connectivity index (χ3v) is 5.83. The number of benzene rings is 1. The molecule has 0 bridgehead atoms. The molecule has 2 amide bonds. The Kier molecular flexibility index (Phi) is 7.16. The summed E-state index contributed by atoms with van der Waals surface area (Å²) in [7, 11) is 0. The minimum atomic E-state index is 0.142. The van der Waals surface area contributed by atoms with Crippen LogP contribution in [-0.2, 0) is 0 Å². The Morgan fingerprint density at radius 2 is 1.69 bits per heavy atom. The second-order valence-corrected chi connectivity index (χ2v) is 8.22. The Balaban J connectivity index is 1.64. The van der Waals surface area contributed by atoms with Gasteiger partial charge in [0.25, 0.3) is 0 Å². The van der Waals surface area contributed by atoms with Crippen LogP contribution >= 0.6 is 0 Å². The van der Waals surface area contributed by atoms with Crippen molar-refractivity contribution in [1.29, 1.82) is 0 Å². The van der Waals surface area contributed by atoms with Gasteiger partial charge in [0.05, 0.1) is 0 Å². The van der Waals surface area contributed by atoms with Crippen LogP contribution in [-0.4, -0.2) is 30.1 Å². The highest BCUT2D eigenvalue weighted by molar-refractivity contribution is 5.75. The molecule has 3 rings (SSSR count). The van der Waals surface area contributed by atoms with Gasteiger partial charge in [0.2, 0.25) is 0 Å². The van der Waals surface area contributed by atoms with Crippen LogP contribution in [0, 0.1) is 5.92 Å². The van der Waals surface area contributed by atoms with Crippen LogP contribution in [0.2, 0.25) is 0 Å². The highest BCUT2D eigenvalue weighted by Crippen LogP contribution is 2.25. The van der Waals surface area contributed by atoms with Crippen molar-refractivity contribution in [1.82, 2.24) is 10.2 Å². The lowest BCUT2D eigenvalue weighted by Gasteiger charge is -2.31. The molecule has 0 unspecified atom stereocenters. The Morgan fingerprint density at radius 3 is 2.38 bits per heavy atom. The summed E-state index contributed by atoms with van der Waals surface area (Å²) in [4.78, 5) is 15.0. The highest BCUT2D eigenvalue weighted by Gasteiger charge is 2.24. The van der Waals surface area contributed by atoms with Crippen molar-refractivity contribution in [3.63, 3.8) is 0 Å². The molecule has 3 heteroatoms. The summed E-state index contributed by atoms with van der Waals surface area (Å²) in [5.74, 6) is 0.669. The zero-order valence-electron chi connectivity index (χ0n) is 16.3. The maximum Gasteiger partial charge on any atom is 0.317 e. The first-order valence-electron chi connectivity index (χ1n) is 10.5. The van der Waals surface area contributed by atoms with Gasteiger partial charge in [-0.1, -0.05) is 74.1 Å². The number of amides is 2. The molecule has 0 aromatic heterocycles. The number of nitrogens with zero attached hydrogens (tertiary/aromatic N) is 1. The molecule has 0 heterocycles. The predicted molar refractivity (Wildman–Crippen MR) is 109 cm³/mol. The van der Waals surface area contributed by atoms with E-state index in [0.29, 0.717) is 12.0 Å². The fraction of sp³-hybridized carbons (Fsp3) is 0.609. The second-order valence-electron chi connectivity index (χ2n) is 8.22. The minimum absolute atomic E-state index is 0.142. The van der Waals surface area contributed by atoms with Crippen LogP contribution in [0.25, 0.3) is 6.08 Å². The van der Waals surface area contributed by atoms with Crippen LogP contribution in [0.5, 0.6) is 0 Å². The largest absolute Gasteiger partial charge is 0.335 e. The van der Waals surface area contributed by atoms with Gasteiger partial charge in [-0.2, -0.15) is 0 Å². The lowest BCUT2D eigenvalue weighted by atomic mass is 9.89. The Bertz CT molecular complexity index is 583. The van der Waals surface area contributed by atoms with Gasteiger partial charge in [0.15, 0.2) is 0 Å². The molecule has 0 aliphatic heterocycles. The van der Waals surface area contributed by atoms with Crippen molar-refractivity contribution in [3.8, 4) is 0 Å². The van der Waals surface area contributed by atoms with Gasteiger partial charge in [-0.3, -0.25) is 0 Å². The van der Waals surface area contributed by atoms with Crippen molar-refractivity contribution in [2.75, 3.05) is 13.1 Å². The topological polar surface area (TPSA) is 32.3 Å². The van der Waals surface area contributed by atoms with E-state index < -0.39 is 0 Å². The number of urea groups is 1. The van der Waals surface area contributed by atoms with Crippen molar-refractivity contribution in [2.24, 2.45) is 5.92 Å². The van der Waals surface area contributed by atoms with E-state index in [1.165, 1.54) is 56.1 Å². The number of carbonyl (C=O) groups is 1. The summed E-state index contributed by atoms with van der Waals surface area (Å²) in [6.45, 7) is 3.77. The Labute approximate surface area is 158 Å². The number of nitrogens with one attached hydrogen (secondary N) is 1. The van der Waals surface area contributed by atoms with Gasteiger partial charge >= 0.3 is 6.03 Å². The predicted octanol–water partition coefficient (Wildman–Crippen LogP) is 5.62. The quantitative estimate of drug-likeness (QED) is 0.706. The molecule has 2 saturated carbocycles. The first-order chi connectivity index (χ1) is 12.7. The third kappa shape index (κ3) is 5.89. The van der Waals surface area contributed by atoms with E-state index in [9.17, 15) is 4.79 Å². The summed E-state index contributed by atoms with van der Waals surface area (Å²) in [6, 6.07) is 10.9. The van der Waals surface area contributed by atoms with Crippen LogP contribution < -0.4 is 5.32 Å². The maximum atomic E-state index is 12.9. The summed E-state index contributed by atoms with van der Waals surface area (Å²) in [5.41, 5.74) is 2.45. The SMILES string of the molecule is C/C(=C\c1ccccc1)CN(CC1CCCCC1)C(=O)NC1CCCC1. The van der Waals surface area contributed by atoms with Gasteiger partial charge in [-0.15, -0.1) is 0 Å². The summed E-state index contributed by atoms with van der Waals surface area (Å²) in [5, 5.41) is 3.30. The monoisotopic (exact) mass is 354 g/mol. The lowest BCUT2D eigenvalue weighted by molar-refractivity contribution is 0.180. The van der Waals surface area contributed by atoms with Gasteiger partial charge in [-0.25, -0.2) is 4.79 Å². The minimum Gasteiger partial charge on any atom is -0.335 e. The molecule has 1 aromatic rings. The van der Waals surface area contributed by atoms with Crippen molar-refractivity contribution in [3.05, 3.63) is 41.5 Å². The lowest BCUT2D eigenvalue weighted by Crippen LogP contribution is -2.46. The average Bonchev–Trinajstić information content (AvgIpc) is 3.16. The van der Waals surface area contributed by atoms with Crippen molar-refractivity contribution in [2.45, 2.75) is 70.8 Å². The van der Waals surface area contributed by atoms with Crippen LogP contribution in [0.1, 0.15) is 70.3 Å². The molecule has 0 saturated heterocycles. The zero-order valence-corrected chi connectivity index (χ0v) is 16.3. The van der Waals surface area contributed by atoms with Crippen LogP contribution in [0.15, 0.2) is 35.9 Å². The highest BCUT2D eigenvalue weighted by atomic mass is 16.2. The molecule has 2 aliphatic carbocycles. The summed E-state index contributed by atoms with van der Waals surface area (Å²) < 4.78 is 0. The van der Waals surface area contributed by atoms with Gasteiger partial charge < -0.3 is 10.2 Å². The molecule has 26 heavy (non-hydrogen) atoms. The van der Waals surface area contributed by atoms with Crippen LogP contribution in [0.4, 0.5) is 4.79 Å². The molecular weight excluding hydrogens is 320 g/mol. The molecule has 0 spiro atoms. The first-order valence-corrected chi connectivity index (χ1v) is 10.5. The number of hydrogen-bond acceptors (Lipinski definition) is 1. The van der Waals surface area contributed by atoms with E-state index in [1.54, 1.807) is 0 Å². The molecule has 1 aromatic carbocycles. The summed E-state index contributed by atoms with van der Waals surface area (Å²) >= 11 is 0. The van der Waals surface area contributed by atoms with E-state index in [-0.39, 0.29) is 6.03 Å². The molecular formula is C23H34N2O. The normalized spacial score (nSPS) is 19.5. The molecule has 0 atom stereocenters. The van der Waals surface area contributed by atoms with E-state index in [1.807, 2.05) is 6.07 Å². The number of carbonyl (C=O) groups excluding carboxylic acids is 1. The number of hydrogen-bond donors (Lipinski definition) is 1. The van der Waals surface area contributed by atoms with E-state index in [2.05, 4.69) is 47.5 Å². The third-order valence-electron chi connectivity index (χ3n) is 5.83. The van der Waals surface area contributed by atoms with Gasteiger partial charge in [-0.05, 0) is 44.1 Å². The van der Waals surface area contributed by atoms with Gasteiger partial charge in [0.1, 0.15) is 0 Å². The zero-order chi connectivity index (χ0) is 18.2. The standard InChI is InChI=1S/C23H34N2O/c1-19(16-20-10-4-2-5-11-20)17-25(18-21-12-6-3-7-13-21)23(26)24-22-14-8-9-15-22/h2,4-5,10-11,16,21-22H,3,6-9,12-15,17-18H2,1H3,(H,24,26)/b19-16+. The fourth-order valence-corrected chi connectivity index (χ4v) is 4.42. The maximum absolute atomic E-state index is 12.9. The van der Waals surface area contributed by atoms with Gasteiger partial charge in [0, 0.05) is 19.1 Å². The molecule has 142 valence electrons. The Morgan fingerprint density at radius 1 is 1.04 bits per heavy atom. The van der Waals surface area contributed by atoms with E-state index in [4.69, 9.17) is 0 Å². The van der Waals surface area contributed by atoms with Crippen molar-refractivity contribution < 1.29 is 4.79 Å². The smallest absolute Gasteiger partial charge is 0.317 e. The van der Waals surface area contributed by atoms with E-state index >= 15 is 0 Å². The summed E-state index contributed by atoms with van der Waals surface area (Å²) in [6.07, 6.45) is 13.5. The Hall–Kier alpha value is -1.77. The first kappa shape index (κ1) is 19.0. The second kappa shape index (κ2) is 9.80. The fourth-order valence-electron chi connectivity index (χ4n) is 4.42. The molecule has 0 radical (unpaired) electrons. The number of rotatable bonds is 6. The van der Waals surface area contributed by atoms with Crippen LogP contribution in [0.3, 0.4) is 0 Å². The molecule has 2 fully saturated rings. The van der Waals surface area contributed by atoms with Crippen molar-refractivity contribution >= 4 is 12.1 Å². The molecule has 1 N–H and O–H groups in total. The molecule has 2 aliphatic rings. The average molecular weight is 355 g/mol. The molecule has 3 nitrogen and oxygen atoms in total. The van der Waals surface area contributed by atoms with E-state index in [0.717, 1.165) is 25.9 Å².